The molecule has 0 aliphatic heterocycles. The molecule has 0 spiro atoms. The first-order valence-electron chi connectivity index (χ1n) is 5.51. The third kappa shape index (κ3) is 1.91. The number of hydrogen-bond donors (Lipinski definition) is 1. The lowest BCUT2D eigenvalue weighted by molar-refractivity contribution is 0.403. The molecular weight excluding hydrogens is 218 g/mol. The van der Waals surface area contributed by atoms with Gasteiger partial charge in [-0.25, -0.2) is 4.98 Å². The minimum absolute atomic E-state index is 0.340. The van der Waals surface area contributed by atoms with E-state index in [-0.39, 0.29) is 6.04 Å². The van der Waals surface area contributed by atoms with E-state index in [1.807, 2.05) is 29.4 Å². The summed E-state index contributed by atoms with van der Waals surface area (Å²) in [5, 5.41) is 4.24. The molecule has 2 N–H and O–H groups in total. The van der Waals surface area contributed by atoms with Crippen LogP contribution in [0.5, 0.6) is 5.75 Å². The second-order valence-corrected chi connectivity index (χ2v) is 3.79. The molecule has 92 valence electrons. The van der Waals surface area contributed by atoms with Gasteiger partial charge in [-0.2, -0.15) is 5.10 Å². The highest BCUT2D eigenvalue weighted by molar-refractivity contribution is 5.32. The summed E-state index contributed by atoms with van der Waals surface area (Å²) in [6.45, 7) is 2.76. The highest BCUT2D eigenvalue weighted by Gasteiger charge is 2.22. The van der Waals surface area contributed by atoms with Gasteiger partial charge in [0.15, 0.2) is 5.75 Å². The maximum absolute atomic E-state index is 6.23. The number of nitrogens with two attached hydrogens (primary N) is 1. The van der Waals surface area contributed by atoms with Crippen molar-refractivity contribution in [1.82, 2.24) is 19.3 Å². The van der Waals surface area contributed by atoms with Crippen molar-refractivity contribution < 1.29 is 4.74 Å². The SMILES string of the molecule is CCn1ncc(OC)c1C(N)c1nccn1C. The van der Waals surface area contributed by atoms with Gasteiger partial charge in [0.25, 0.3) is 0 Å². The predicted octanol–water partition coefficient (Wildman–Crippen LogP) is 0.693. The van der Waals surface area contributed by atoms with Gasteiger partial charge in [-0.15, -0.1) is 0 Å². The van der Waals surface area contributed by atoms with Crippen LogP contribution in [-0.2, 0) is 13.6 Å². The number of imidazole rings is 1. The van der Waals surface area contributed by atoms with Crippen LogP contribution in [0.15, 0.2) is 18.6 Å². The largest absolute Gasteiger partial charge is 0.493 e. The maximum Gasteiger partial charge on any atom is 0.162 e. The van der Waals surface area contributed by atoms with Crippen LogP contribution >= 0.6 is 0 Å². The summed E-state index contributed by atoms with van der Waals surface area (Å²) in [6, 6.07) is -0.340. The second kappa shape index (κ2) is 4.58. The molecule has 17 heavy (non-hydrogen) atoms. The van der Waals surface area contributed by atoms with Crippen LogP contribution in [-0.4, -0.2) is 26.4 Å². The zero-order valence-electron chi connectivity index (χ0n) is 10.3. The van der Waals surface area contributed by atoms with Crippen molar-refractivity contribution in [1.29, 1.82) is 0 Å². The third-order valence-corrected chi connectivity index (χ3v) is 2.80. The molecule has 6 nitrogen and oxygen atoms in total. The number of nitrogens with zero attached hydrogens (tertiary/aromatic N) is 4. The van der Waals surface area contributed by atoms with Crippen molar-refractivity contribution in [3.63, 3.8) is 0 Å². The third-order valence-electron chi connectivity index (χ3n) is 2.80. The number of ether oxygens (including phenoxy) is 1. The van der Waals surface area contributed by atoms with E-state index in [0.717, 1.165) is 18.1 Å². The van der Waals surface area contributed by atoms with Crippen LogP contribution in [0.4, 0.5) is 0 Å². The number of methoxy groups -OCH3 is 1. The topological polar surface area (TPSA) is 70.9 Å². The average molecular weight is 235 g/mol. The van der Waals surface area contributed by atoms with Crippen LogP contribution in [0.1, 0.15) is 24.5 Å². The Kier molecular flexibility index (Phi) is 3.14. The lowest BCUT2D eigenvalue weighted by Gasteiger charge is -2.14. The van der Waals surface area contributed by atoms with Crippen LogP contribution in [0, 0.1) is 0 Å². The van der Waals surface area contributed by atoms with Gasteiger partial charge in [0, 0.05) is 26.0 Å². The van der Waals surface area contributed by atoms with Crippen molar-refractivity contribution in [2.45, 2.75) is 19.5 Å². The molecule has 0 amide bonds. The van der Waals surface area contributed by atoms with Crippen LogP contribution in [0.3, 0.4) is 0 Å². The summed E-state index contributed by atoms with van der Waals surface area (Å²) in [5.41, 5.74) is 7.09. The molecule has 0 saturated heterocycles. The first kappa shape index (κ1) is 11.7. The Morgan fingerprint density at radius 1 is 1.53 bits per heavy atom. The number of rotatable bonds is 4. The summed E-state index contributed by atoms with van der Waals surface area (Å²) >= 11 is 0. The number of aromatic nitrogens is 4. The molecule has 0 radical (unpaired) electrons. The van der Waals surface area contributed by atoms with E-state index >= 15 is 0 Å². The number of aryl methyl sites for hydroxylation is 2. The van der Waals surface area contributed by atoms with Crippen LogP contribution in [0.25, 0.3) is 0 Å². The van der Waals surface area contributed by atoms with Gasteiger partial charge in [-0.1, -0.05) is 0 Å². The molecular formula is C11H17N5O. The smallest absolute Gasteiger partial charge is 0.162 e. The summed E-state index contributed by atoms with van der Waals surface area (Å²) < 4.78 is 9.02. The molecule has 0 aliphatic rings. The fraction of sp³-hybridized carbons (Fsp3) is 0.455. The predicted molar refractivity (Wildman–Crippen MR) is 63.7 cm³/mol. The monoisotopic (exact) mass is 235 g/mol. The van der Waals surface area contributed by atoms with Crippen LogP contribution < -0.4 is 10.5 Å². The fourth-order valence-electron chi connectivity index (χ4n) is 1.90. The van der Waals surface area contributed by atoms with Crippen molar-refractivity contribution in [3.8, 4) is 5.75 Å². The number of hydrogen-bond acceptors (Lipinski definition) is 4. The standard InChI is InChI=1S/C11H17N5O/c1-4-16-10(8(17-3)7-14-16)9(12)11-13-5-6-15(11)2/h5-7,9H,4,12H2,1-3H3. The maximum atomic E-state index is 6.23. The van der Waals surface area contributed by atoms with Crippen molar-refractivity contribution in [3.05, 3.63) is 30.1 Å². The highest BCUT2D eigenvalue weighted by atomic mass is 16.5. The van der Waals surface area contributed by atoms with Gasteiger partial charge in [-0.3, -0.25) is 4.68 Å². The van der Waals surface area contributed by atoms with Gasteiger partial charge in [-0.05, 0) is 6.92 Å². The van der Waals surface area contributed by atoms with E-state index in [1.54, 1.807) is 19.5 Å². The quantitative estimate of drug-likeness (QED) is 0.846. The molecule has 0 fully saturated rings. The summed E-state index contributed by atoms with van der Waals surface area (Å²) in [6.07, 6.45) is 5.28. The second-order valence-electron chi connectivity index (χ2n) is 3.79. The minimum atomic E-state index is -0.340. The molecule has 2 aromatic heterocycles. The lowest BCUT2D eigenvalue weighted by Crippen LogP contribution is -2.21. The fourth-order valence-corrected chi connectivity index (χ4v) is 1.90. The molecule has 2 aromatic rings. The first-order chi connectivity index (χ1) is 8.19. The summed E-state index contributed by atoms with van der Waals surface area (Å²) in [7, 11) is 3.53. The molecule has 0 bridgehead atoms. The molecule has 2 heterocycles. The Balaban J connectivity index is 2.45. The Hall–Kier alpha value is -1.82. The lowest BCUT2D eigenvalue weighted by atomic mass is 10.2. The van der Waals surface area contributed by atoms with Gasteiger partial charge in [0.1, 0.15) is 17.6 Å². The van der Waals surface area contributed by atoms with Crippen molar-refractivity contribution in [2.75, 3.05) is 7.11 Å². The molecule has 1 atom stereocenters. The highest BCUT2D eigenvalue weighted by Crippen LogP contribution is 2.26. The zero-order chi connectivity index (χ0) is 12.4. The summed E-state index contributed by atoms with van der Waals surface area (Å²) in [4.78, 5) is 4.26. The Bertz CT molecular complexity index is 480. The van der Waals surface area contributed by atoms with E-state index < -0.39 is 0 Å². The summed E-state index contributed by atoms with van der Waals surface area (Å²) in [5.74, 6) is 1.49. The minimum Gasteiger partial charge on any atom is -0.493 e. The van der Waals surface area contributed by atoms with Gasteiger partial charge < -0.3 is 15.0 Å². The zero-order valence-corrected chi connectivity index (χ0v) is 10.3. The first-order valence-corrected chi connectivity index (χ1v) is 5.51. The normalized spacial score (nSPS) is 12.7. The molecule has 2 rings (SSSR count). The Morgan fingerprint density at radius 3 is 2.82 bits per heavy atom. The van der Waals surface area contributed by atoms with E-state index in [9.17, 15) is 0 Å². The Morgan fingerprint density at radius 2 is 2.29 bits per heavy atom. The molecule has 0 aromatic carbocycles. The molecule has 0 saturated carbocycles. The van der Waals surface area contributed by atoms with E-state index in [0.29, 0.717) is 5.75 Å². The Labute approximate surface area is 100 Å². The van der Waals surface area contributed by atoms with E-state index in [2.05, 4.69) is 10.1 Å². The average Bonchev–Trinajstić information content (AvgIpc) is 2.93. The molecule has 0 aliphatic carbocycles. The van der Waals surface area contributed by atoms with Gasteiger partial charge >= 0.3 is 0 Å². The van der Waals surface area contributed by atoms with Crippen molar-refractivity contribution >= 4 is 0 Å². The van der Waals surface area contributed by atoms with Crippen molar-refractivity contribution in [2.24, 2.45) is 12.8 Å². The van der Waals surface area contributed by atoms with Gasteiger partial charge in [0.2, 0.25) is 0 Å². The molecule has 1 unspecified atom stereocenters. The van der Waals surface area contributed by atoms with E-state index in [4.69, 9.17) is 10.5 Å². The molecule has 6 heteroatoms. The van der Waals surface area contributed by atoms with Crippen LogP contribution in [0.2, 0.25) is 0 Å². The van der Waals surface area contributed by atoms with Gasteiger partial charge in [0.05, 0.1) is 13.3 Å². The van der Waals surface area contributed by atoms with E-state index in [1.165, 1.54) is 0 Å².